The number of thioether (sulfide) groups is 1. The van der Waals surface area contributed by atoms with Crippen LogP contribution in [0.4, 0.5) is 0 Å². The summed E-state index contributed by atoms with van der Waals surface area (Å²) >= 11 is 7.96. The molecule has 1 aromatic carbocycles. The average Bonchev–Trinajstić information content (AvgIpc) is 3.09. The minimum atomic E-state index is -0.0976. The van der Waals surface area contributed by atoms with Crippen LogP contribution in [-0.2, 0) is 17.9 Å². The van der Waals surface area contributed by atoms with Crippen LogP contribution in [0.5, 0.6) is 0 Å². The van der Waals surface area contributed by atoms with Crippen molar-refractivity contribution < 1.29 is 9.90 Å². The van der Waals surface area contributed by atoms with E-state index in [-0.39, 0.29) is 12.5 Å². The molecule has 4 nitrogen and oxygen atoms in total. The Bertz CT molecular complexity index is 740. The van der Waals surface area contributed by atoms with Gasteiger partial charge in [0.2, 0.25) is 0 Å². The zero-order valence-electron chi connectivity index (χ0n) is 11.4. The average molecular weight is 348 g/mol. The van der Waals surface area contributed by atoms with Crippen molar-refractivity contribution in [3.8, 4) is 0 Å². The van der Waals surface area contributed by atoms with Gasteiger partial charge in [-0.25, -0.2) is 4.98 Å². The predicted molar refractivity (Wildman–Crippen MR) is 93.2 cm³/mol. The number of carbonyl (C=O) groups is 1. The van der Waals surface area contributed by atoms with E-state index in [1.54, 1.807) is 17.2 Å². The van der Waals surface area contributed by atoms with E-state index < -0.39 is 0 Å². The Kier molecular flexibility index (Phi) is 4.68. The lowest BCUT2D eigenvalue weighted by molar-refractivity contribution is -0.122. The molecule has 112 valence electrons. The molecule has 22 heavy (non-hydrogen) atoms. The fourth-order valence-electron chi connectivity index (χ4n) is 1.98. The Hall–Kier alpha value is -1.54. The molecule has 1 aliphatic rings. The number of benzene rings is 1. The quantitative estimate of drug-likeness (QED) is 0.680. The number of thiazole rings is 1. The third-order valence-electron chi connectivity index (χ3n) is 3.04. The van der Waals surface area contributed by atoms with E-state index in [0.29, 0.717) is 20.8 Å². The van der Waals surface area contributed by atoms with E-state index in [1.807, 2.05) is 30.3 Å². The smallest absolute Gasteiger partial charge is 0.266 e. The zero-order chi connectivity index (χ0) is 15.5. The molecule has 1 aromatic heterocycles. The van der Waals surface area contributed by atoms with Gasteiger partial charge in [0, 0.05) is 6.20 Å². The number of hydrogen-bond donors (Lipinski definition) is 1. The molecule has 1 aliphatic heterocycles. The number of thiocarbonyl (C=S) groups is 1. The van der Waals surface area contributed by atoms with Crippen LogP contribution in [0.25, 0.3) is 6.08 Å². The predicted octanol–water partition coefficient (Wildman–Crippen LogP) is 3.04. The molecule has 0 aliphatic carbocycles. The van der Waals surface area contributed by atoms with Crippen molar-refractivity contribution in [2.75, 3.05) is 0 Å². The van der Waals surface area contributed by atoms with Crippen LogP contribution >= 0.6 is 35.3 Å². The highest BCUT2D eigenvalue weighted by Gasteiger charge is 2.32. The number of aliphatic hydroxyl groups is 1. The molecule has 0 radical (unpaired) electrons. The summed E-state index contributed by atoms with van der Waals surface area (Å²) in [6.45, 7) is 0.434. The largest absolute Gasteiger partial charge is 0.391 e. The summed E-state index contributed by atoms with van der Waals surface area (Å²) in [5, 5.41) is 9.76. The van der Waals surface area contributed by atoms with E-state index in [9.17, 15) is 4.79 Å². The van der Waals surface area contributed by atoms with Crippen LogP contribution in [0.15, 0.2) is 41.4 Å². The topological polar surface area (TPSA) is 53.4 Å². The van der Waals surface area contributed by atoms with Crippen molar-refractivity contribution in [3.63, 3.8) is 0 Å². The summed E-state index contributed by atoms with van der Waals surface area (Å²) in [5.41, 5.74) is 1.04. The van der Waals surface area contributed by atoms with Crippen molar-refractivity contribution in [1.82, 2.24) is 9.88 Å². The summed E-state index contributed by atoms with van der Waals surface area (Å²) in [5.74, 6) is -0.0976. The van der Waals surface area contributed by atoms with Gasteiger partial charge < -0.3 is 5.11 Å². The van der Waals surface area contributed by atoms with Gasteiger partial charge in [-0.1, -0.05) is 54.3 Å². The Labute approximate surface area is 141 Å². The van der Waals surface area contributed by atoms with Gasteiger partial charge in [-0.05, 0) is 11.6 Å². The first-order chi connectivity index (χ1) is 10.7. The third kappa shape index (κ3) is 3.27. The molecule has 2 heterocycles. The molecule has 1 fully saturated rings. The van der Waals surface area contributed by atoms with Crippen molar-refractivity contribution in [2.24, 2.45) is 0 Å². The molecule has 3 rings (SSSR count). The summed E-state index contributed by atoms with van der Waals surface area (Å²) in [7, 11) is 0. The second-order valence-electron chi connectivity index (χ2n) is 4.58. The Morgan fingerprint density at radius 2 is 2.09 bits per heavy atom. The van der Waals surface area contributed by atoms with Gasteiger partial charge in [-0.3, -0.25) is 9.69 Å². The lowest BCUT2D eigenvalue weighted by Gasteiger charge is -2.14. The lowest BCUT2D eigenvalue weighted by Crippen LogP contribution is -2.27. The fraction of sp³-hybridized carbons (Fsp3) is 0.133. The highest BCUT2D eigenvalue weighted by atomic mass is 32.2. The highest BCUT2D eigenvalue weighted by Crippen LogP contribution is 2.34. The second kappa shape index (κ2) is 6.70. The normalized spacial score (nSPS) is 16.8. The number of aliphatic hydroxyl groups excluding tert-OH is 1. The molecular weight excluding hydrogens is 336 g/mol. The van der Waals surface area contributed by atoms with Crippen LogP contribution in [0.1, 0.15) is 15.4 Å². The Balaban J connectivity index is 1.79. The summed E-state index contributed by atoms with van der Waals surface area (Å²) in [4.78, 5) is 19.6. The Morgan fingerprint density at radius 3 is 2.77 bits per heavy atom. The van der Waals surface area contributed by atoms with Gasteiger partial charge in [-0.15, -0.1) is 11.3 Å². The third-order valence-corrected chi connectivity index (χ3v) is 5.35. The maximum absolute atomic E-state index is 12.5. The van der Waals surface area contributed by atoms with Gasteiger partial charge in [0.1, 0.15) is 9.33 Å². The van der Waals surface area contributed by atoms with Crippen LogP contribution in [0.2, 0.25) is 0 Å². The number of nitrogens with zero attached hydrogens (tertiary/aromatic N) is 2. The molecule has 0 saturated carbocycles. The van der Waals surface area contributed by atoms with Crippen LogP contribution in [0, 0.1) is 0 Å². The first kappa shape index (κ1) is 15.4. The van der Waals surface area contributed by atoms with Gasteiger partial charge in [-0.2, -0.15) is 0 Å². The van der Waals surface area contributed by atoms with E-state index >= 15 is 0 Å². The van der Waals surface area contributed by atoms with E-state index in [0.717, 1.165) is 10.4 Å². The number of rotatable bonds is 4. The number of amides is 1. The standard InChI is InChI=1S/C15H12N2O2S3/c18-9-11-7-16-13(21-11)6-12-14(19)17(15(20)22-12)8-10-4-2-1-3-5-10/h1-7,18H,8-9H2. The maximum Gasteiger partial charge on any atom is 0.266 e. The van der Waals surface area contributed by atoms with Crippen LogP contribution < -0.4 is 0 Å². The van der Waals surface area contributed by atoms with Crippen molar-refractivity contribution in [1.29, 1.82) is 0 Å². The maximum atomic E-state index is 12.5. The first-order valence-corrected chi connectivity index (χ1v) is 8.56. The summed E-state index contributed by atoms with van der Waals surface area (Å²) in [6.07, 6.45) is 3.34. The van der Waals surface area contributed by atoms with Gasteiger partial charge >= 0.3 is 0 Å². The van der Waals surface area contributed by atoms with E-state index in [1.165, 1.54) is 23.1 Å². The highest BCUT2D eigenvalue weighted by molar-refractivity contribution is 8.26. The zero-order valence-corrected chi connectivity index (χ0v) is 13.9. The summed E-state index contributed by atoms with van der Waals surface area (Å²) in [6, 6.07) is 9.76. The second-order valence-corrected chi connectivity index (χ2v) is 7.40. The van der Waals surface area contributed by atoms with Crippen molar-refractivity contribution >= 4 is 51.6 Å². The summed E-state index contributed by atoms with van der Waals surface area (Å²) < 4.78 is 0.555. The molecular formula is C15H12N2O2S3. The van der Waals surface area contributed by atoms with Crippen LogP contribution in [0.3, 0.4) is 0 Å². The molecule has 1 amide bonds. The Morgan fingerprint density at radius 1 is 1.32 bits per heavy atom. The molecule has 0 spiro atoms. The van der Waals surface area contributed by atoms with Gasteiger partial charge in [0.15, 0.2) is 0 Å². The lowest BCUT2D eigenvalue weighted by atomic mass is 10.2. The minimum Gasteiger partial charge on any atom is -0.391 e. The first-order valence-electron chi connectivity index (χ1n) is 6.52. The van der Waals surface area contributed by atoms with Crippen molar-refractivity contribution in [3.05, 3.63) is 56.9 Å². The molecule has 0 unspecified atom stereocenters. The van der Waals surface area contributed by atoms with Crippen molar-refractivity contribution in [2.45, 2.75) is 13.2 Å². The molecule has 1 N–H and O–H groups in total. The fourth-order valence-corrected chi connectivity index (χ4v) is 4.00. The molecule has 1 saturated heterocycles. The SMILES string of the molecule is O=C1C(=Cc2ncc(CO)s2)SC(=S)N1Cc1ccccc1. The van der Waals surface area contributed by atoms with E-state index in [2.05, 4.69) is 4.98 Å². The van der Waals surface area contributed by atoms with Crippen LogP contribution in [-0.4, -0.2) is 25.2 Å². The van der Waals surface area contributed by atoms with E-state index in [4.69, 9.17) is 17.3 Å². The molecule has 7 heteroatoms. The molecule has 0 bridgehead atoms. The minimum absolute atomic E-state index is 0.0412. The number of aromatic nitrogens is 1. The monoisotopic (exact) mass is 348 g/mol. The number of hydrogen-bond acceptors (Lipinski definition) is 6. The van der Waals surface area contributed by atoms with Gasteiger partial charge in [0.05, 0.1) is 22.9 Å². The molecule has 0 atom stereocenters. The van der Waals surface area contributed by atoms with Gasteiger partial charge in [0.25, 0.3) is 5.91 Å². The number of carbonyl (C=O) groups excluding carboxylic acids is 1. The molecule has 2 aromatic rings.